The molecule has 1 unspecified atom stereocenters. The van der Waals surface area contributed by atoms with Crippen molar-refractivity contribution in [2.45, 2.75) is 33.1 Å². The number of aromatic nitrogens is 2. The lowest BCUT2D eigenvalue weighted by Crippen LogP contribution is -2.28. The average Bonchev–Trinajstić information content (AvgIpc) is 2.99. The second kappa shape index (κ2) is 6.50. The molecule has 1 amide bonds. The number of carbonyl (C=O) groups is 2. The van der Waals surface area contributed by atoms with Gasteiger partial charge in [-0.05, 0) is 44.5 Å². The predicted molar refractivity (Wildman–Crippen MR) is 105 cm³/mol. The highest BCUT2D eigenvalue weighted by Gasteiger charge is 2.36. The Hall–Kier alpha value is -3.21. The molecular weight excluding hydrogens is 338 g/mol. The fourth-order valence-electron chi connectivity index (χ4n) is 3.72. The first-order valence-electron chi connectivity index (χ1n) is 9.02. The summed E-state index contributed by atoms with van der Waals surface area (Å²) in [5, 5.41) is 7.53. The van der Waals surface area contributed by atoms with Crippen LogP contribution in [0.2, 0.25) is 0 Å². The Morgan fingerprint density at radius 2 is 1.85 bits per heavy atom. The van der Waals surface area contributed by atoms with Gasteiger partial charge >= 0.3 is 0 Å². The molecule has 2 heterocycles. The van der Waals surface area contributed by atoms with Gasteiger partial charge in [-0.15, -0.1) is 0 Å². The van der Waals surface area contributed by atoms with E-state index in [-0.39, 0.29) is 18.1 Å². The van der Waals surface area contributed by atoms with Crippen LogP contribution < -0.4 is 5.32 Å². The van der Waals surface area contributed by atoms with Crippen molar-refractivity contribution in [3.05, 3.63) is 76.5 Å². The fourth-order valence-corrected chi connectivity index (χ4v) is 3.72. The lowest BCUT2D eigenvalue weighted by Gasteiger charge is -2.24. The molecule has 1 atom stereocenters. The van der Waals surface area contributed by atoms with E-state index in [2.05, 4.69) is 10.4 Å². The molecule has 1 aliphatic heterocycles. The third kappa shape index (κ3) is 2.95. The molecule has 27 heavy (non-hydrogen) atoms. The first-order chi connectivity index (χ1) is 13.0. The molecule has 0 spiro atoms. The second-order valence-electron chi connectivity index (χ2n) is 7.08. The van der Waals surface area contributed by atoms with Crippen molar-refractivity contribution in [1.82, 2.24) is 9.78 Å². The van der Waals surface area contributed by atoms with Crippen LogP contribution in [0.3, 0.4) is 0 Å². The number of nitrogens with zero attached hydrogens (tertiary/aromatic N) is 2. The van der Waals surface area contributed by atoms with Gasteiger partial charge in [0.1, 0.15) is 5.82 Å². The number of amides is 1. The highest BCUT2D eigenvalue weighted by molar-refractivity contribution is 6.08. The first-order valence-corrected chi connectivity index (χ1v) is 9.02. The molecule has 3 aromatic rings. The molecule has 0 aliphatic carbocycles. The SMILES string of the molecule is Cc1ccc(C)c(C(=O)C2CC(=O)Nc3c2c(C)nn3-c2ccccc2)c1. The Kier molecular flexibility index (Phi) is 4.15. The largest absolute Gasteiger partial charge is 0.310 e. The van der Waals surface area contributed by atoms with Gasteiger partial charge in [-0.25, -0.2) is 4.68 Å². The van der Waals surface area contributed by atoms with E-state index >= 15 is 0 Å². The Labute approximate surface area is 158 Å². The zero-order valence-electron chi connectivity index (χ0n) is 15.6. The summed E-state index contributed by atoms with van der Waals surface area (Å²) in [6.45, 7) is 5.78. The van der Waals surface area contributed by atoms with E-state index < -0.39 is 5.92 Å². The number of carbonyl (C=O) groups excluding carboxylic acids is 2. The summed E-state index contributed by atoms with van der Waals surface area (Å²) in [5.41, 5.74) is 5.05. The van der Waals surface area contributed by atoms with Crippen LogP contribution in [0.1, 0.15) is 45.1 Å². The first kappa shape index (κ1) is 17.2. The number of Topliss-reactive ketones (excluding diaryl/α,β-unsaturated/α-hetero) is 1. The number of anilines is 1. The predicted octanol–water partition coefficient (Wildman–Crippen LogP) is 4.11. The lowest BCUT2D eigenvalue weighted by molar-refractivity contribution is -0.116. The normalized spacial score (nSPS) is 16.0. The maximum Gasteiger partial charge on any atom is 0.226 e. The van der Waals surface area contributed by atoms with Gasteiger partial charge in [-0.3, -0.25) is 9.59 Å². The monoisotopic (exact) mass is 359 g/mol. The number of fused-ring (bicyclic) bond motifs is 1. The zero-order chi connectivity index (χ0) is 19.1. The van der Waals surface area contributed by atoms with Gasteiger partial charge in [-0.1, -0.05) is 35.9 Å². The van der Waals surface area contributed by atoms with Gasteiger partial charge in [0.15, 0.2) is 5.78 Å². The van der Waals surface area contributed by atoms with E-state index in [4.69, 9.17) is 0 Å². The number of para-hydroxylation sites is 1. The molecule has 5 nitrogen and oxygen atoms in total. The fraction of sp³-hybridized carbons (Fsp3) is 0.227. The third-order valence-corrected chi connectivity index (χ3v) is 5.08. The van der Waals surface area contributed by atoms with Crippen molar-refractivity contribution in [3.8, 4) is 5.69 Å². The Balaban J connectivity index is 1.84. The van der Waals surface area contributed by atoms with Crippen molar-refractivity contribution >= 4 is 17.5 Å². The van der Waals surface area contributed by atoms with Gasteiger partial charge in [-0.2, -0.15) is 5.10 Å². The zero-order valence-corrected chi connectivity index (χ0v) is 15.6. The topological polar surface area (TPSA) is 64.0 Å². The molecule has 5 heteroatoms. The summed E-state index contributed by atoms with van der Waals surface area (Å²) in [5.74, 6) is -0.114. The maximum atomic E-state index is 13.4. The smallest absolute Gasteiger partial charge is 0.226 e. The molecular formula is C22H21N3O2. The van der Waals surface area contributed by atoms with Crippen LogP contribution in [0, 0.1) is 20.8 Å². The number of ketones is 1. The van der Waals surface area contributed by atoms with E-state index in [1.54, 1.807) is 4.68 Å². The molecule has 1 aromatic heterocycles. The molecule has 0 saturated carbocycles. The van der Waals surface area contributed by atoms with Crippen molar-refractivity contribution in [1.29, 1.82) is 0 Å². The van der Waals surface area contributed by atoms with Crippen LogP contribution in [0.15, 0.2) is 48.5 Å². The minimum absolute atomic E-state index is 0.0250. The van der Waals surface area contributed by atoms with Crippen LogP contribution >= 0.6 is 0 Å². The van der Waals surface area contributed by atoms with Crippen molar-refractivity contribution in [2.75, 3.05) is 5.32 Å². The van der Waals surface area contributed by atoms with Crippen LogP contribution in [0.5, 0.6) is 0 Å². The van der Waals surface area contributed by atoms with Crippen molar-refractivity contribution in [2.24, 2.45) is 0 Å². The van der Waals surface area contributed by atoms with Crippen LogP contribution in [0.4, 0.5) is 5.82 Å². The summed E-state index contributed by atoms with van der Waals surface area (Å²) in [7, 11) is 0. The summed E-state index contributed by atoms with van der Waals surface area (Å²) in [6, 6.07) is 15.5. The highest BCUT2D eigenvalue weighted by Crippen LogP contribution is 2.38. The Bertz CT molecular complexity index is 1050. The summed E-state index contributed by atoms with van der Waals surface area (Å²) in [6.07, 6.45) is 0.139. The number of hydrogen-bond donors (Lipinski definition) is 1. The summed E-state index contributed by atoms with van der Waals surface area (Å²) >= 11 is 0. The van der Waals surface area contributed by atoms with Crippen LogP contribution in [-0.4, -0.2) is 21.5 Å². The molecule has 0 saturated heterocycles. The molecule has 0 radical (unpaired) electrons. The van der Waals surface area contributed by atoms with Crippen molar-refractivity contribution < 1.29 is 9.59 Å². The minimum atomic E-state index is -0.522. The van der Waals surface area contributed by atoms with E-state index in [1.165, 1.54) is 0 Å². The Morgan fingerprint density at radius 1 is 1.11 bits per heavy atom. The van der Waals surface area contributed by atoms with Gasteiger partial charge in [0.25, 0.3) is 0 Å². The summed E-state index contributed by atoms with van der Waals surface area (Å²) in [4.78, 5) is 25.8. The van der Waals surface area contributed by atoms with Crippen LogP contribution in [0.25, 0.3) is 5.69 Å². The average molecular weight is 359 g/mol. The summed E-state index contributed by atoms with van der Waals surface area (Å²) < 4.78 is 1.71. The van der Waals surface area contributed by atoms with Gasteiger partial charge in [0.2, 0.25) is 5.91 Å². The molecule has 2 aromatic carbocycles. The van der Waals surface area contributed by atoms with E-state index in [1.807, 2.05) is 69.3 Å². The van der Waals surface area contributed by atoms with E-state index in [9.17, 15) is 9.59 Å². The van der Waals surface area contributed by atoms with Crippen LogP contribution in [-0.2, 0) is 4.79 Å². The number of hydrogen-bond acceptors (Lipinski definition) is 3. The van der Waals surface area contributed by atoms with Crippen molar-refractivity contribution in [3.63, 3.8) is 0 Å². The molecule has 0 bridgehead atoms. The molecule has 136 valence electrons. The molecule has 1 aliphatic rings. The number of rotatable bonds is 3. The second-order valence-corrected chi connectivity index (χ2v) is 7.08. The van der Waals surface area contributed by atoms with E-state index in [0.717, 1.165) is 28.1 Å². The van der Waals surface area contributed by atoms with Gasteiger partial charge in [0.05, 0.1) is 17.3 Å². The van der Waals surface area contributed by atoms with Gasteiger partial charge < -0.3 is 5.32 Å². The number of nitrogens with one attached hydrogen (secondary N) is 1. The van der Waals surface area contributed by atoms with E-state index in [0.29, 0.717) is 11.4 Å². The molecule has 0 fully saturated rings. The maximum absolute atomic E-state index is 13.4. The third-order valence-electron chi connectivity index (χ3n) is 5.08. The Morgan fingerprint density at radius 3 is 2.59 bits per heavy atom. The molecule has 1 N–H and O–H groups in total. The number of benzene rings is 2. The minimum Gasteiger partial charge on any atom is -0.310 e. The lowest BCUT2D eigenvalue weighted by atomic mass is 9.84. The van der Waals surface area contributed by atoms with Gasteiger partial charge in [0, 0.05) is 17.5 Å². The quantitative estimate of drug-likeness (QED) is 0.716. The standard InChI is InChI=1S/C22H21N3O2/c1-13-9-10-14(2)17(11-13)21(27)18-12-19(26)23-22-20(18)15(3)24-25(22)16-7-5-4-6-8-16/h4-11,18H,12H2,1-3H3,(H,23,26). The highest BCUT2D eigenvalue weighted by atomic mass is 16.2. The number of aryl methyl sites for hydroxylation is 3. The molecule has 4 rings (SSSR count).